The largest absolute Gasteiger partial charge is 0.476 e. The van der Waals surface area contributed by atoms with Gasteiger partial charge in [-0.1, -0.05) is 64.7 Å². The van der Waals surface area contributed by atoms with Crippen molar-refractivity contribution < 1.29 is 19.8 Å². The SMILES string of the molecule is CCCCCCCCCCCCN=C(C(=O)O)C(=O)O. The van der Waals surface area contributed by atoms with Crippen molar-refractivity contribution in [2.75, 3.05) is 6.54 Å². The second kappa shape index (κ2) is 12.6. The smallest absolute Gasteiger partial charge is 0.361 e. The molecule has 0 aliphatic carbocycles. The highest BCUT2D eigenvalue weighted by Gasteiger charge is 2.17. The molecule has 0 unspecified atom stereocenters. The van der Waals surface area contributed by atoms with Crippen LogP contribution in [0, 0.1) is 0 Å². The van der Waals surface area contributed by atoms with E-state index in [1.54, 1.807) is 0 Å². The van der Waals surface area contributed by atoms with Gasteiger partial charge in [-0.3, -0.25) is 4.99 Å². The van der Waals surface area contributed by atoms with Gasteiger partial charge in [0.25, 0.3) is 0 Å². The van der Waals surface area contributed by atoms with E-state index in [1.165, 1.54) is 44.9 Å². The summed E-state index contributed by atoms with van der Waals surface area (Å²) in [5, 5.41) is 17.2. The van der Waals surface area contributed by atoms with Gasteiger partial charge >= 0.3 is 11.9 Å². The minimum Gasteiger partial charge on any atom is -0.476 e. The van der Waals surface area contributed by atoms with Gasteiger partial charge < -0.3 is 10.2 Å². The lowest BCUT2D eigenvalue weighted by Crippen LogP contribution is -2.23. The van der Waals surface area contributed by atoms with Gasteiger partial charge in [0.1, 0.15) is 0 Å². The number of nitrogens with zero attached hydrogens (tertiary/aromatic N) is 1. The summed E-state index contributed by atoms with van der Waals surface area (Å²) in [6.07, 6.45) is 11.8. The third-order valence-electron chi connectivity index (χ3n) is 3.19. The molecule has 0 saturated heterocycles. The third-order valence-corrected chi connectivity index (χ3v) is 3.19. The fourth-order valence-corrected chi connectivity index (χ4v) is 2.02. The van der Waals surface area contributed by atoms with Crippen LogP contribution >= 0.6 is 0 Å². The minimum absolute atomic E-state index is 0.282. The summed E-state index contributed by atoms with van der Waals surface area (Å²) in [5.74, 6) is -2.94. The van der Waals surface area contributed by atoms with Gasteiger partial charge in [-0.05, 0) is 6.42 Å². The Morgan fingerprint density at radius 3 is 1.55 bits per heavy atom. The molecule has 0 aliphatic heterocycles. The second-order valence-electron chi connectivity index (χ2n) is 5.02. The predicted molar refractivity (Wildman–Crippen MR) is 79.4 cm³/mol. The average molecular weight is 285 g/mol. The first kappa shape index (κ1) is 18.6. The van der Waals surface area contributed by atoms with Crippen LogP contribution in [-0.2, 0) is 9.59 Å². The second-order valence-corrected chi connectivity index (χ2v) is 5.02. The molecule has 2 N–H and O–H groups in total. The maximum atomic E-state index is 10.5. The van der Waals surface area contributed by atoms with E-state index in [-0.39, 0.29) is 6.54 Å². The monoisotopic (exact) mass is 285 g/mol. The first-order valence-electron chi connectivity index (χ1n) is 7.60. The van der Waals surface area contributed by atoms with Crippen molar-refractivity contribution in [3.05, 3.63) is 0 Å². The molecule has 0 saturated carbocycles. The Morgan fingerprint density at radius 1 is 0.750 bits per heavy atom. The number of carboxylic acids is 2. The van der Waals surface area contributed by atoms with Crippen LogP contribution in [0.5, 0.6) is 0 Å². The summed E-state index contributed by atoms with van der Waals surface area (Å²) in [5.41, 5.74) is -0.763. The van der Waals surface area contributed by atoms with Crippen molar-refractivity contribution in [3.8, 4) is 0 Å². The Hall–Kier alpha value is -1.39. The quantitative estimate of drug-likeness (QED) is 0.308. The van der Waals surface area contributed by atoms with E-state index in [9.17, 15) is 9.59 Å². The van der Waals surface area contributed by atoms with Crippen molar-refractivity contribution >= 4 is 17.7 Å². The third kappa shape index (κ3) is 10.5. The number of aliphatic imine (C=N–C) groups is 1. The normalized spacial score (nSPS) is 10.2. The van der Waals surface area contributed by atoms with Gasteiger partial charge in [0.2, 0.25) is 5.71 Å². The maximum Gasteiger partial charge on any atom is 0.361 e. The van der Waals surface area contributed by atoms with Gasteiger partial charge in [0, 0.05) is 6.54 Å². The molecule has 20 heavy (non-hydrogen) atoms. The number of hydrogen-bond acceptors (Lipinski definition) is 3. The van der Waals surface area contributed by atoms with Gasteiger partial charge in [-0.15, -0.1) is 0 Å². The predicted octanol–water partition coefficient (Wildman–Crippen LogP) is 3.52. The van der Waals surface area contributed by atoms with Crippen LogP contribution in [0.1, 0.15) is 71.1 Å². The Kier molecular flexibility index (Phi) is 11.8. The van der Waals surface area contributed by atoms with Crippen molar-refractivity contribution in [2.24, 2.45) is 4.99 Å². The van der Waals surface area contributed by atoms with E-state index in [2.05, 4.69) is 11.9 Å². The van der Waals surface area contributed by atoms with Gasteiger partial charge in [0.05, 0.1) is 0 Å². The first-order valence-corrected chi connectivity index (χ1v) is 7.60. The Bertz CT molecular complexity index is 297. The fourth-order valence-electron chi connectivity index (χ4n) is 2.02. The minimum atomic E-state index is -1.47. The number of carbonyl (C=O) groups is 2. The maximum absolute atomic E-state index is 10.5. The van der Waals surface area contributed by atoms with Gasteiger partial charge in [-0.25, -0.2) is 9.59 Å². The zero-order valence-corrected chi connectivity index (χ0v) is 12.4. The molecule has 0 aliphatic rings. The van der Waals surface area contributed by atoms with E-state index < -0.39 is 17.7 Å². The standard InChI is InChI=1S/C15H27NO4/c1-2-3-4-5-6-7-8-9-10-11-12-16-13(14(17)18)15(19)20/h2-12H2,1H3,(H,17,18)(H,19,20). The molecule has 0 rings (SSSR count). The Balaban J connectivity index is 3.46. The lowest BCUT2D eigenvalue weighted by atomic mass is 10.1. The molecule has 116 valence electrons. The summed E-state index contributed by atoms with van der Waals surface area (Å²) in [4.78, 5) is 24.7. The average Bonchev–Trinajstić information content (AvgIpc) is 2.39. The lowest BCUT2D eigenvalue weighted by molar-refractivity contribution is -0.134. The highest BCUT2D eigenvalue weighted by Crippen LogP contribution is 2.10. The zero-order chi connectivity index (χ0) is 15.2. The lowest BCUT2D eigenvalue weighted by Gasteiger charge is -2.01. The zero-order valence-electron chi connectivity index (χ0n) is 12.4. The molecule has 0 fully saturated rings. The molecule has 0 aromatic carbocycles. The Labute approximate surface area is 121 Å². The number of rotatable bonds is 13. The van der Waals surface area contributed by atoms with Crippen molar-refractivity contribution in [1.29, 1.82) is 0 Å². The molecule has 0 heterocycles. The van der Waals surface area contributed by atoms with E-state index >= 15 is 0 Å². The van der Waals surface area contributed by atoms with Crippen LogP contribution in [0.25, 0.3) is 0 Å². The first-order chi connectivity index (χ1) is 9.59. The molecule has 0 radical (unpaired) electrons. The summed E-state index contributed by atoms with van der Waals surface area (Å²) >= 11 is 0. The number of aliphatic carboxylic acids is 2. The van der Waals surface area contributed by atoms with Crippen LogP contribution < -0.4 is 0 Å². The van der Waals surface area contributed by atoms with Crippen LogP contribution in [0.4, 0.5) is 0 Å². The highest BCUT2D eigenvalue weighted by atomic mass is 16.4. The summed E-state index contributed by atoms with van der Waals surface area (Å²) in [6, 6.07) is 0. The number of hydrogen-bond donors (Lipinski definition) is 2. The van der Waals surface area contributed by atoms with Crippen LogP contribution in [0.2, 0.25) is 0 Å². The molecular weight excluding hydrogens is 258 g/mol. The van der Waals surface area contributed by atoms with Gasteiger partial charge in [-0.2, -0.15) is 0 Å². The molecule has 0 atom stereocenters. The van der Waals surface area contributed by atoms with E-state index in [4.69, 9.17) is 10.2 Å². The molecular formula is C15H27NO4. The Morgan fingerprint density at radius 2 is 1.15 bits per heavy atom. The van der Waals surface area contributed by atoms with E-state index in [0.29, 0.717) is 0 Å². The summed E-state index contributed by atoms with van der Waals surface area (Å²) in [6.45, 7) is 2.49. The van der Waals surface area contributed by atoms with E-state index in [1.807, 2.05) is 0 Å². The molecule has 0 amide bonds. The summed E-state index contributed by atoms with van der Waals surface area (Å²) < 4.78 is 0. The molecule has 0 aromatic rings. The van der Waals surface area contributed by atoms with Crippen molar-refractivity contribution in [3.63, 3.8) is 0 Å². The van der Waals surface area contributed by atoms with E-state index in [0.717, 1.165) is 19.3 Å². The number of unbranched alkanes of at least 4 members (excludes halogenated alkanes) is 9. The number of carboxylic acid groups (broad SMARTS) is 2. The summed E-state index contributed by atoms with van der Waals surface area (Å²) in [7, 11) is 0. The molecule has 5 heteroatoms. The fraction of sp³-hybridized carbons (Fsp3) is 0.800. The van der Waals surface area contributed by atoms with Crippen molar-refractivity contribution in [2.45, 2.75) is 71.1 Å². The topological polar surface area (TPSA) is 87.0 Å². The van der Waals surface area contributed by atoms with Gasteiger partial charge in [0.15, 0.2) is 0 Å². The van der Waals surface area contributed by atoms with Crippen molar-refractivity contribution in [1.82, 2.24) is 0 Å². The van der Waals surface area contributed by atoms with Crippen LogP contribution in [0.15, 0.2) is 4.99 Å². The highest BCUT2D eigenvalue weighted by molar-refractivity contribution is 6.61. The molecule has 0 bridgehead atoms. The molecule has 0 spiro atoms. The molecule has 5 nitrogen and oxygen atoms in total. The molecule has 0 aromatic heterocycles. The van der Waals surface area contributed by atoms with Crippen LogP contribution in [0.3, 0.4) is 0 Å². The van der Waals surface area contributed by atoms with Crippen LogP contribution in [-0.4, -0.2) is 34.4 Å².